The Kier molecular flexibility index (Phi) is 3.26. The predicted octanol–water partition coefficient (Wildman–Crippen LogP) is -0.242. The van der Waals surface area contributed by atoms with Crippen LogP contribution in [0.2, 0.25) is 0 Å². The predicted molar refractivity (Wildman–Crippen MR) is 38.2 cm³/mol. The van der Waals surface area contributed by atoms with Crippen molar-refractivity contribution in [2.75, 3.05) is 33.0 Å². The highest BCUT2D eigenvalue weighted by Gasteiger charge is 2.40. The monoisotopic (exact) mass is 162 g/mol. The molecule has 1 aliphatic heterocycles. The van der Waals surface area contributed by atoms with Crippen LogP contribution in [-0.2, 0) is 14.2 Å². The van der Waals surface area contributed by atoms with Crippen LogP contribution in [0.15, 0.2) is 0 Å². The molecule has 1 rings (SSSR count). The lowest BCUT2D eigenvalue weighted by Gasteiger charge is -2.06. The molecule has 0 radical (unpaired) electrons. The molecule has 1 heterocycles. The average Bonchev–Trinajstić information content (AvgIpc) is 2.69. The molecule has 0 bridgehead atoms. The summed E-state index contributed by atoms with van der Waals surface area (Å²) in [4.78, 5) is 0. The molecule has 0 amide bonds. The zero-order valence-electron chi connectivity index (χ0n) is 6.71. The SMILES string of the molecule is CC1(OCCOCCO)CO1. The largest absolute Gasteiger partial charge is 0.394 e. The Morgan fingerprint density at radius 1 is 1.45 bits per heavy atom. The molecule has 1 saturated heterocycles. The highest BCUT2D eigenvalue weighted by atomic mass is 16.8. The Morgan fingerprint density at radius 2 is 2.18 bits per heavy atom. The first-order chi connectivity index (χ1) is 5.27. The molecule has 0 aromatic rings. The quantitative estimate of drug-likeness (QED) is 0.432. The fourth-order valence-electron chi connectivity index (χ4n) is 0.668. The summed E-state index contributed by atoms with van der Waals surface area (Å²) in [6.45, 7) is 4.04. The topological polar surface area (TPSA) is 51.2 Å². The lowest BCUT2D eigenvalue weighted by molar-refractivity contribution is -0.0562. The normalized spacial score (nSPS) is 28.9. The van der Waals surface area contributed by atoms with E-state index < -0.39 is 0 Å². The number of hydrogen-bond donors (Lipinski definition) is 1. The maximum absolute atomic E-state index is 8.35. The summed E-state index contributed by atoms with van der Waals surface area (Å²) < 4.78 is 15.2. The zero-order chi connectivity index (χ0) is 8.16. The maximum Gasteiger partial charge on any atom is 0.189 e. The van der Waals surface area contributed by atoms with E-state index in [0.29, 0.717) is 26.4 Å². The van der Waals surface area contributed by atoms with Crippen LogP contribution < -0.4 is 0 Å². The van der Waals surface area contributed by atoms with Crippen LogP contribution in [0.3, 0.4) is 0 Å². The number of aliphatic hydroxyl groups excluding tert-OH is 1. The molecule has 66 valence electrons. The molecule has 0 saturated carbocycles. The Morgan fingerprint density at radius 3 is 2.73 bits per heavy atom. The number of hydrogen-bond acceptors (Lipinski definition) is 4. The Balaban J connectivity index is 1.81. The molecule has 11 heavy (non-hydrogen) atoms. The van der Waals surface area contributed by atoms with Crippen molar-refractivity contribution in [2.45, 2.75) is 12.7 Å². The Hall–Kier alpha value is -0.160. The van der Waals surface area contributed by atoms with Crippen LogP contribution >= 0.6 is 0 Å². The smallest absolute Gasteiger partial charge is 0.189 e. The van der Waals surface area contributed by atoms with Gasteiger partial charge >= 0.3 is 0 Å². The van der Waals surface area contributed by atoms with E-state index in [1.54, 1.807) is 0 Å². The van der Waals surface area contributed by atoms with E-state index in [9.17, 15) is 0 Å². The van der Waals surface area contributed by atoms with Gasteiger partial charge in [-0.1, -0.05) is 0 Å². The molecule has 1 fully saturated rings. The first kappa shape index (κ1) is 8.93. The molecule has 4 nitrogen and oxygen atoms in total. The van der Waals surface area contributed by atoms with Crippen LogP contribution in [0.25, 0.3) is 0 Å². The number of aliphatic hydroxyl groups is 1. The van der Waals surface area contributed by atoms with Crippen molar-refractivity contribution in [3.63, 3.8) is 0 Å². The summed E-state index contributed by atoms with van der Waals surface area (Å²) in [6, 6.07) is 0. The molecule has 1 aliphatic rings. The van der Waals surface area contributed by atoms with E-state index >= 15 is 0 Å². The zero-order valence-corrected chi connectivity index (χ0v) is 6.71. The molecule has 0 aliphatic carbocycles. The summed E-state index contributed by atoms with van der Waals surface area (Å²) in [7, 11) is 0. The van der Waals surface area contributed by atoms with Gasteiger partial charge in [-0.2, -0.15) is 0 Å². The van der Waals surface area contributed by atoms with E-state index in [0.717, 1.165) is 0 Å². The van der Waals surface area contributed by atoms with Crippen molar-refractivity contribution >= 4 is 0 Å². The lowest BCUT2D eigenvalue weighted by atomic mass is 10.5. The van der Waals surface area contributed by atoms with Gasteiger partial charge in [0, 0.05) is 0 Å². The molecule has 0 aromatic heterocycles. The molecule has 1 N–H and O–H groups in total. The van der Waals surface area contributed by atoms with Gasteiger partial charge in [-0.05, 0) is 6.92 Å². The minimum Gasteiger partial charge on any atom is -0.394 e. The third-order valence-electron chi connectivity index (χ3n) is 1.42. The minimum absolute atomic E-state index is 0.0633. The van der Waals surface area contributed by atoms with Gasteiger partial charge in [-0.15, -0.1) is 0 Å². The van der Waals surface area contributed by atoms with Crippen molar-refractivity contribution < 1.29 is 19.3 Å². The first-order valence-electron chi connectivity index (χ1n) is 3.73. The highest BCUT2D eigenvalue weighted by molar-refractivity contribution is 4.74. The van der Waals surface area contributed by atoms with Gasteiger partial charge in [0.1, 0.15) is 6.61 Å². The van der Waals surface area contributed by atoms with Gasteiger partial charge in [-0.3, -0.25) is 0 Å². The number of epoxide rings is 1. The summed E-state index contributed by atoms with van der Waals surface area (Å²) >= 11 is 0. The Bertz CT molecular complexity index is 111. The molecular formula is C7H14O4. The van der Waals surface area contributed by atoms with Crippen LogP contribution in [-0.4, -0.2) is 43.9 Å². The standard InChI is InChI=1S/C7H14O4/c1-7(6-11-7)10-5-4-9-3-2-8/h8H,2-6H2,1H3. The van der Waals surface area contributed by atoms with Gasteiger partial charge in [-0.25, -0.2) is 0 Å². The van der Waals surface area contributed by atoms with E-state index in [4.69, 9.17) is 19.3 Å². The fraction of sp³-hybridized carbons (Fsp3) is 1.00. The van der Waals surface area contributed by atoms with Crippen LogP contribution in [0.4, 0.5) is 0 Å². The summed E-state index contributed by atoms with van der Waals surface area (Å²) in [5.41, 5.74) is 0. The van der Waals surface area contributed by atoms with Crippen molar-refractivity contribution in [3.05, 3.63) is 0 Å². The van der Waals surface area contributed by atoms with E-state index in [-0.39, 0.29) is 12.4 Å². The highest BCUT2D eigenvalue weighted by Crippen LogP contribution is 2.26. The third kappa shape index (κ3) is 3.67. The maximum atomic E-state index is 8.35. The van der Waals surface area contributed by atoms with Crippen molar-refractivity contribution in [2.24, 2.45) is 0 Å². The van der Waals surface area contributed by atoms with Gasteiger partial charge in [0.25, 0.3) is 0 Å². The van der Waals surface area contributed by atoms with Crippen LogP contribution in [0.1, 0.15) is 6.92 Å². The summed E-state index contributed by atoms with van der Waals surface area (Å²) in [5, 5.41) is 8.35. The van der Waals surface area contributed by atoms with Crippen molar-refractivity contribution in [3.8, 4) is 0 Å². The van der Waals surface area contributed by atoms with E-state index in [1.165, 1.54) is 0 Å². The second-order valence-corrected chi connectivity index (χ2v) is 2.61. The molecule has 0 aromatic carbocycles. The van der Waals surface area contributed by atoms with Crippen molar-refractivity contribution in [1.82, 2.24) is 0 Å². The summed E-state index contributed by atoms with van der Waals surface area (Å²) in [5.74, 6) is -0.345. The number of ether oxygens (including phenoxy) is 3. The van der Waals surface area contributed by atoms with Crippen LogP contribution in [0, 0.1) is 0 Å². The average molecular weight is 162 g/mol. The van der Waals surface area contributed by atoms with Gasteiger partial charge in [0.05, 0.1) is 26.4 Å². The lowest BCUT2D eigenvalue weighted by Crippen LogP contribution is -2.15. The fourth-order valence-corrected chi connectivity index (χ4v) is 0.668. The number of rotatable bonds is 6. The van der Waals surface area contributed by atoms with Gasteiger partial charge < -0.3 is 19.3 Å². The van der Waals surface area contributed by atoms with E-state index in [2.05, 4.69) is 0 Å². The molecule has 1 unspecified atom stereocenters. The molecule has 0 spiro atoms. The molecule has 1 atom stereocenters. The summed E-state index contributed by atoms with van der Waals surface area (Å²) in [6.07, 6.45) is 0. The minimum atomic E-state index is -0.345. The van der Waals surface area contributed by atoms with Crippen molar-refractivity contribution in [1.29, 1.82) is 0 Å². The van der Waals surface area contributed by atoms with Gasteiger partial charge in [0.15, 0.2) is 5.79 Å². The molecular weight excluding hydrogens is 148 g/mol. The second-order valence-electron chi connectivity index (χ2n) is 2.61. The van der Waals surface area contributed by atoms with E-state index in [1.807, 2.05) is 6.92 Å². The second kappa shape index (κ2) is 4.01. The third-order valence-corrected chi connectivity index (χ3v) is 1.42. The van der Waals surface area contributed by atoms with Gasteiger partial charge in [0.2, 0.25) is 0 Å². The Labute approximate surface area is 66.1 Å². The van der Waals surface area contributed by atoms with Crippen LogP contribution in [0.5, 0.6) is 0 Å². The first-order valence-corrected chi connectivity index (χ1v) is 3.73. The molecule has 4 heteroatoms.